The second kappa shape index (κ2) is 7.57. The number of nitriles is 1. The van der Waals surface area contributed by atoms with Crippen LogP contribution in [0.1, 0.15) is 24.1 Å². The molecule has 1 unspecified atom stereocenters. The van der Waals surface area contributed by atoms with Crippen LogP contribution in [0.3, 0.4) is 0 Å². The van der Waals surface area contributed by atoms with Gasteiger partial charge in [-0.3, -0.25) is 4.79 Å². The van der Waals surface area contributed by atoms with E-state index in [2.05, 4.69) is 5.32 Å². The van der Waals surface area contributed by atoms with Gasteiger partial charge in [0.2, 0.25) is 0 Å². The third-order valence-electron chi connectivity index (χ3n) is 3.30. The van der Waals surface area contributed by atoms with Crippen molar-refractivity contribution in [2.75, 3.05) is 0 Å². The fourth-order valence-corrected chi connectivity index (χ4v) is 2.26. The first kappa shape index (κ1) is 16.7. The summed E-state index contributed by atoms with van der Waals surface area (Å²) in [5.41, 5.74) is 0.718. The number of nitrogens with one attached hydrogen (secondary N) is 1. The van der Waals surface area contributed by atoms with Gasteiger partial charge in [-0.15, -0.1) is 0 Å². The summed E-state index contributed by atoms with van der Waals surface area (Å²) in [6.07, 6.45) is 1.16. The fraction of sp³-hybridized carbons (Fsp3) is 0.111. The molecule has 3 nitrogen and oxygen atoms in total. The van der Waals surface area contributed by atoms with Crippen LogP contribution >= 0.6 is 11.6 Å². The molecule has 2 aromatic rings. The number of rotatable bonds is 4. The normalized spacial score (nSPS) is 12.3. The highest BCUT2D eigenvalue weighted by atomic mass is 35.5. The van der Waals surface area contributed by atoms with Gasteiger partial charge in [0.1, 0.15) is 17.5 Å². The van der Waals surface area contributed by atoms with Crippen molar-refractivity contribution in [2.24, 2.45) is 0 Å². The lowest BCUT2D eigenvalue weighted by Gasteiger charge is -2.13. The van der Waals surface area contributed by atoms with E-state index in [0.29, 0.717) is 0 Å². The number of halogens is 2. The Morgan fingerprint density at radius 1 is 1.26 bits per heavy atom. The van der Waals surface area contributed by atoms with E-state index in [4.69, 9.17) is 11.6 Å². The number of hydrogen-bond acceptors (Lipinski definition) is 2. The van der Waals surface area contributed by atoms with Crippen LogP contribution in [0, 0.1) is 17.1 Å². The van der Waals surface area contributed by atoms with Crippen LogP contribution in [-0.2, 0) is 4.79 Å². The summed E-state index contributed by atoms with van der Waals surface area (Å²) in [6.45, 7) is 1.80. The highest BCUT2D eigenvalue weighted by molar-refractivity contribution is 6.32. The third-order valence-corrected chi connectivity index (χ3v) is 3.63. The van der Waals surface area contributed by atoms with Crippen LogP contribution in [0.4, 0.5) is 4.39 Å². The molecular weight excluding hydrogens is 315 g/mol. The van der Waals surface area contributed by atoms with Crippen LogP contribution in [0.15, 0.2) is 54.1 Å². The molecule has 0 fully saturated rings. The Morgan fingerprint density at radius 3 is 2.57 bits per heavy atom. The zero-order valence-corrected chi connectivity index (χ0v) is 13.1. The molecule has 2 aromatic carbocycles. The van der Waals surface area contributed by atoms with Gasteiger partial charge in [0.25, 0.3) is 5.91 Å². The first-order chi connectivity index (χ1) is 11.0. The number of amides is 1. The summed E-state index contributed by atoms with van der Waals surface area (Å²) < 4.78 is 13.8. The lowest BCUT2D eigenvalue weighted by Crippen LogP contribution is -2.27. The summed E-state index contributed by atoms with van der Waals surface area (Å²) in [5, 5.41) is 12.0. The van der Waals surface area contributed by atoms with Crippen LogP contribution < -0.4 is 5.32 Å². The first-order valence-corrected chi connectivity index (χ1v) is 7.32. The van der Waals surface area contributed by atoms with Crippen molar-refractivity contribution in [3.63, 3.8) is 0 Å². The van der Waals surface area contributed by atoms with Crippen molar-refractivity contribution in [1.29, 1.82) is 5.26 Å². The molecule has 0 spiro atoms. The van der Waals surface area contributed by atoms with Crippen LogP contribution in [-0.4, -0.2) is 5.91 Å². The largest absolute Gasteiger partial charge is 0.345 e. The Hall–Kier alpha value is -2.64. The van der Waals surface area contributed by atoms with Gasteiger partial charge in [-0.05, 0) is 30.7 Å². The summed E-state index contributed by atoms with van der Waals surface area (Å²) in [4.78, 5) is 12.2. The van der Waals surface area contributed by atoms with Gasteiger partial charge in [0, 0.05) is 5.56 Å². The van der Waals surface area contributed by atoms with E-state index in [1.54, 1.807) is 13.0 Å². The minimum absolute atomic E-state index is 0.0215. The van der Waals surface area contributed by atoms with E-state index in [1.807, 2.05) is 30.3 Å². The quantitative estimate of drug-likeness (QED) is 0.673. The molecule has 0 aromatic heterocycles. The highest BCUT2D eigenvalue weighted by Crippen LogP contribution is 2.22. The Labute approximate surface area is 139 Å². The maximum absolute atomic E-state index is 13.8. The van der Waals surface area contributed by atoms with Gasteiger partial charge in [-0.25, -0.2) is 4.39 Å². The smallest absolute Gasteiger partial charge is 0.262 e. The molecule has 0 aliphatic heterocycles. The Kier molecular flexibility index (Phi) is 5.51. The summed E-state index contributed by atoms with van der Waals surface area (Å²) in [5.74, 6) is -1.17. The second-order valence-corrected chi connectivity index (χ2v) is 5.32. The predicted molar refractivity (Wildman–Crippen MR) is 88.0 cm³/mol. The van der Waals surface area contributed by atoms with Crippen molar-refractivity contribution in [2.45, 2.75) is 13.0 Å². The molecule has 0 saturated heterocycles. The molecule has 0 saturated carbocycles. The Balaban J connectivity index is 2.23. The van der Waals surface area contributed by atoms with E-state index in [0.717, 1.165) is 11.6 Å². The number of hydrogen-bond donors (Lipinski definition) is 1. The van der Waals surface area contributed by atoms with Gasteiger partial charge in [0.15, 0.2) is 0 Å². The fourth-order valence-electron chi connectivity index (χ4n) is 2.04. The highest BCUT2D eigenvalue weighted by Gasteiger charge is 2.15. The topological polar surface area (TPSA) is 52.9 Å². The van der Waals surface area contributed by atoms with Crippen LogP contribution in [0.5, 0.6) is 0 Å². The van der Waals surface area contributed by atoms with Gasteiger partial charge < -0.3 is 5.32 Å². The van der Waals surface area contributed by atoms with Crippen LogP contribution in [0.2, 0.25) is 5.02 Å². The molecule has 0 heterocycles. The number of carbonyl (C=O) groups excluding carboxylic acids is 1. The summed E-state index contributed by atoms with van der Waals surface area (Å²) >= 11 is 5.91. The van der Waals surface area contributed by atoms with E-state index in [9.17, 15) is 14.4 Å². The molecule has 0 aliphatic carbocycles. The van der Waals surface area contributed by atoms with Gasteiger partial charge in [0.05, 0.1) is 11.1 Å². The molecule has 0 aliphatic rings. The molecule has 2 rings (SSSR count). The first-order valence-electron chi connectivity index (χ1n) is 6.94. The molecule has 5 heteroatoms. The Morgan fingerprint density at radius 2 is 1.96 bits per heavy atom. The molecule has 0 bridgehead atoms. The van der Waals surface area contributed by atoms with Crippen molar-refractivity contribution in [1.82, 2.24) is 5.32 Å². The lowest BCUT2D eigenvalue weighted by atomic mass is 10.1. The number of nitrogens with zero attached hydrogens (tertiary/aromatic N) is 1. The van der Waals surface area contributed by atoms with Gasteiger partial charge in [-0.2, -0.15) is 5.26 Å². The molecule has 1 atom stereocenters. The average molecular weight is 329 g/mol. The maximum Gasteiger partial charge on any atom is 0.262 e. The third kappa shape index (κ3) is 4.18. The van der Waals surface area contributed by atoms with E-state index >= 15 is 0 Å². The van der Waals surface area contributed by atoms with E-state index in [1.165, 1.54) is 18.2 Å². The van der Waals surface area contributed by atoms with E-state index in [-0.39, 0.29) is 22.2 Å². The van der Waals surface area contributed by atoms with Crippen molar-refractivity contribution < 1.29 is 9.18 Å². The zero-order chi connectivity index (χ0) is 16.8. The number of carbonyl (C=O) groups is 1. The summed E-state index contributed by atoms with van der Waals surface area (Å²) in [7, 11) is 0. The standard InChI is InChI=1S/C18H14ClFN2O/c1-12(13-6-3-2-4-7-13)22-18(23)14(11-21)10-15-16(19)8-5-9-17(15)20/h2-10,12H,1H3,(H,22,23)/b14-10+. The monoisotopic (exact) mass is 328 g/mol. The minimum Gasteiger partial charge on any atom is -0.345 e. The van der Waals surface area contributed by atoms with Gasteiger partial charge >= 0.3 is 0 Å². The Bertz CT molecular complexity index is 761. The second-order valence-electron chi connectivity index (χ2n) is 4.91. The van der Waals surface area contributed by atoms with Gasteiger partial charge in [-0.1, -0.05) is 48.0 Å². The minimum atomic E-state index is -0.589. The molecule has 23 heavy (non-hydrogen) atoms. The molecule has 116 valence electrons. The van der Waals surface area contributed by atoms with Crippen LogP contribution in [0.25, 0.3) is 6.08 Å². The summed E-state index contributed by atoms with van der Waals surface area (Å²) in [6, 6.07) is 15.0. The number of benzene rings is 2. The van der Waals surface area contributed by atoms with E-state index < -0.39 is 11.7 Å². The average Bonchev–Trinajstić information content (AvgIpc) is 2.55. The predicted octanol–water partition coefficient (Wildman–Crippen LogP) is 4.26. The van der Waals surface area contributed by atoms with Crippen molar-refractivity contribution in [3.05, 3.63) is 76.1 Å². The lowest BCUT2D eigenvalue weighted by molar-refractivity contribution is -0.117. The molecule has 0 radical (unpaired) electrons. The van der Waals surface area contributed by atoms with Crippen molar-refractivity contribution >= 4 is 23.6 Å². The molecule has 1 N–H and O–H groups in total. The zero-order valence-electron chi connectivity index (χ0n) is 12.4. The molecular formula is C18H14ClFN2O. The maximum atomic E-state index is 13.8. The molecule has 1 amide bonds. The van der Waals surface area contributed by atoms with Crippen molar-refractivity contribution in [3.8, 4) is 6.07 Å². The SMILES string of the molecule is CC(NC(=O)/C(C#N)=C/c1c(F)cccc1Cl)c1ccccc1.